The summed E-state index contributed by atoms with van der Waals surface area (Å²) in [5.41, 5.74) is 32.8. The highest BCUT2D eigenvalue weighted by Gasteiger charge is 2.54. The Kier molecular flexibility index (Phi) is 26.8. The van der Waals surface area contributed by atoms with Crippen LogP contribution in [-0.4, -0.2) is 0 Å². The van der Waals surface area contributed by atoms with Gasteiger partial charge in [0.2, 0.25) is 0 Å². The van der Waals surface area contributed by atoms with Crippen LogP contribution in [0.5, 0.6) is 0 Å². The van der Waals surface area contributed by atoms with E-state index in [9.17, 15) is 0 Å². The first-order valence-electron chi connectivity index (χ1n) is 50.4. The van der Waals surface area contributed by atoms with Crippen molar-refractivity contribution in [2.75, 3.05) is 0 Å². The average molecular weight is 1790 g/mol. The van der Waals surface area contributed by atoms with Crippen LogP contribution in [0, 0.1) is 0 Å². The Balaban J connectivity index is 0.000000105. The fourth-order valence-electron chi connectivity index (χ4n) is 23.5. The molecule has 24 aromatic rings. The molecule has 0 nitrogen and oxygen atoms in total. The zero-order valence-electron chi connectivity index (χ0n) is 81.8. The Morgan fingerprint density at radius 2 is 0.216 bits per heavy atom. The maximum Gasteiger partial charge on any atom is 0.0725 e. The standard InChI is InChI=1S/3C25H16.C20H12.C18H12.C14H10.6C2H6/c3*1-5-13-21-17(9-1)18-10-2-6-14-22(18)25(21)23-15-7-3-11-19(23)20-12-4-8-16-24(20)25;1-5-13-6-2-11-17-18-12-4-8-14-7-3-10-16(20(14)18)15(9-1)19(13)17;1-3-7-15-13(5-1)9-11-18-16-8-4-2-6-14(16)10-12-17(15)18;1-3-7-13-11(5-1)9-10-12-6-2-4-8-14(12)13;6*1-2/h3*1-16H;1-12H;1-12H;1-10H;6*1-2H3. The Labute approximate surface area is 821 Å². The molecule has 24 aromatic carbocycles. The minimum Gasteiger partial charge on any atom is -0.0683 e. The van der Waals surface area contributed by atoms with Crippen molar-refractivity contribution < 1.29 is 0 Å². The van der Waals surface area contributed by atoms with Gasteiger partial charge in [-0.25, -0.2) is 0 Å². The molecular weight excluding hydrogens is 1670 g/mol. The topological polar surface area (TPSA) is 0 Å². The molecule has 0 heterocycles. The lowest BCUT2D eigenvalue weighted by molar-refractivity contribution is 0.794. The maximum atomic E-state index is 2.31. The van der Waals surface area contributed by atoms with Crippen molar-refractivity contribution in [2.24, 2.45) is 0 Å². The molecule has 0 bridgehead atoms. The molecule has 6 aliphatic carbocycles. The number of rotatable bonds is 0. The zero-order valence-corrected chi connectivity index (χ0v) is 81.8. The molecule has 6 aliphatic rings. The first-order valence-corrected chi connectivity index (χ1v) is 50.4. The molecular formula is C139H118. The third kappa shape index (κ3) is 14.9. The average Bonchev–Trinajstić information content (AvgIpc) is 1.53. The molecule has 674 valence electrons. The van der Waals surface area contributed by atoms with Crippen LogP contribution in [0.4, 0.5) is 0 Å². The predicted octanol–water partition coefficient (Wildman–Crippen LogP) is 39.1. The van der Waals surface area contributed by atoms with E-state index >= 15 is 0 Å². The van der Waals surface area contributed by atoms with E-state index < -0.39 is 0 Å². The van der Waals surface area contributed by atoms with Gasteiger partial charge < -0.3 is 0 Å². The van der Waals surface area contributed by atoms with E-state index in [0.717, 1.165) is 0 Å². The van der Waals surface area contributed by atoms with Gasteiger partial charge in [0, 0.05) is 0 Å². The molecule has 0 unspecified atom stereocenters. The first-order chi connectivity index (χ1) is 69.1. The molecule has 30 rings (SSSR count). The highest BCUT2D eigenvalue weighted by molar-refractivity contribution is 6.33. The summed E-state index contributed by atoms with van der Waals surface area (Å²) in [6, 6.07) is 181. The summed E-state index contributed by atoms with van der Waals surface area (Å²) in [6.45, 7) is 24.0. The molecule has 0 fully saturated rings. The summed E-state index contributed by atoms with van der Waals surface area (Å²) < 4.78 is 0. The van der Waals surface area contributed by atoms with Crippen LogP contribution in [0.3, 0.4) is 0 Å². The summed E-state index contributed by atoms with van der Waals surface area (Å²) in [7, 11) is 0. The van der Waals surface area contributed by atoms with Crippen LogP contribution in [-0.2, 0) is 16.2 Å². The van der Waals surface area contributed by atoms with Crippen LogP contribution < -0.4 is 0 Å². The van der Waals surface area contributed by atoms with Gasteiger partial charge in [-0.1, -0.05) is 581 Å². The Hall–Kier alpha value is -16.1. The van der Waals surface area contributed by atoms with Gasteiger partial charge in [0.05, 0.1) is 16.2 Å². The Morgan fingerprint density at radius 3 is 0.388 bits per heavy atom. The lowest BCUT2D eigenvalue weighted by atomic mass is 9.70. The number of benzene rings is 24. The van der Waals surface area contributed by atoms with Gasteiger partial charge in [-0.2, -0.15) is 0 Å². The molecule has 0 atom stereocenters. The molecule has 0 amide bonds. The van der Waals surface area contributed by atoms with Gasteiger partial charge in [0.25, 0.3) is 0 Å². The summed E-state index contributed by atoms with van der Waals surface area (Å²) in [5, 5.41) is 24.1. The van der Waals surface area contributed by atoms with Crippen LogP contribution in [0.2, 0.25) is 0 Å². The Bertz CT molecular complexity index is 7260. The van der Waals surface area contributed by atoms with Gasteiger partial charge in [-0.3, -0.25) is 0 Å². The number of fused-ring (bicyclic) bond motifs is 40. The van der Waals surface area contributed by atoms with Crippen molar-refractivity contribution >= 4 is 97.0 Å². The van der Waals surface area contributed by atoms with E-state index in [-0.39, 0.29) is 16.2 Å². The quantitative estimate of drug-likeness (QED) is 0.105. The lowest BCUT2D eigenvalue weighted by Gasteiger charge is -2.30. The van der Waals surface area contributed by atoms with Gasteiger partial charge >= 0.3 is 0 Å². The second-order valence-electron chi connectivity index (χ2n) is 34.4. The van der Waals surface area contributed by atoms with Gasteiger partial charge in [0.15, 0.2) is 0 Å². The highest BCUT2D eigenvalue weighted by atomic mass is 14.6. The van der Waals surface area contributed by atoms with E-state index in [1.54, 1.807) is 0 Å². The van der Waals surface area contributed by atoms with Crippen LogP contribution in [0.15, 0.2) is 497 Å². The third-order valence-corrected chi connectivity index (χ3v) is 28.4. The maximum absolute atomic E-state index is 2.31. The van der Waals surface area contributed by atoms with Crippen molar-refractivity contribution in [3.05, 3.63) is 564 Å². The van der Waals surface area contributed by atoms with Crippen LogP contribution in [0.1, 0.15) is 150 Å². The molecule has 3 spiro atoms. The largest absolute Gasteiger partial charge is 0.0725 e. The fourth-order valence-corrected chi connectivity index (χ4v) is 23.5. The molecule has 0 saturated carbocycles. The van der Waals surface area contributed by atoms with E-state index in [2.05, 4.69) is 497 Å². The van der Waals surface area contributed by atoms with E-state index in [1.165, 1.54) is 230 Å². The number of hydrogen-bond donors (Lipinski definition) is 0. The lowest BCUT2D eigenvalue weighted by Crippen LogP contribution is -2.25. The minimum atomic E-state index is -0.180. The van der Waals surface area contributed by atoms with Crippen molar-refractivity contribution in [2.45, 2.75) is 99.3 Å². The van der Waals surface area contributed by atoms with Crippen molar-refractivity contribution in [1.82, 2.24) is 0 Å². The first kappa shape index (κ1) is 92.0. The highest BCUT2D eigenvalue weighted by Crippen LogP contribution is 2.66. The van der Waals surface area contributed by atoms with Crippen LogP contribution in [0.25, 0.3) is 164 Å². The summed E-state index contributed by atoms with van der Waals surface area (Å²) in [6.07, 6.45) is 0. The molecule has 0 aromatic heterocycles. The molecule has 0 N–H and O–H groups in total. The second-order valence-corrected chi connectivity index (χ2v) is 34.4. The SMILES string of the molecule is CC.CC.CC.CC.CC.CC.c1cc2cccc3c4cccc5cccc(c(c1)c23)c54.c1ccc2c(c1)-c1ccccc1C21c2ccccc2-c2ccccc21.c1ccc2c(c1)-c1ccccc1C21c2ccccc2-c2ccccc21.c1ccc2c(c1)-c1ccccc1C21c2ccccc2-c2ccccc21.c1ccc2c(c1)ccc1c3ccccc3ccc21.c1ccc2c(c1)ccc1ccccc12. The van der Waals surface area contributed by atoms with Gasteiger partial charge in [-0.15, -0.1) is 0 Å². The van der Waals surface area contributed by atoms with Crippen LogP contribution >= 0.6 is 0 Å². The summed E-state index contributed by atoms with van der Waals surface area (Å²) in [5.74, 6) is 0. The Morgan fingerprint density at radius 1 is 0.0935 bits per heavy atom. The molecule has 0 heteroatoms. The van der Waals surface area contributed by atoms with Crippen molar-refractivity contribution in [3.63, 3.8) is 0 Å². The molecule has 0 saturated heterocycles. The van der Waals surface area contributed by atoms with E-state index in [1.807, 2.05) is 83.1 Å². The zero-order chi connectivity index (χ0) is 95.7. The molecule has 0 radical (unpaired) electrons. The third-order valence-electron chi connectivity index (χ3n) is 28.4. The van der Waals surface area contributed by atoms with Gasteiger partial charge in [0.1, 0.15) is 0 Å². The summed E-state index contributed by atoms with van der Waals surface area (Å²) >= 11 is 0. The van der Waals surface area contributed by atoms with Crippen molar-refractivity contribution in [3.8, 4) is 66.8 Å². The van der Waals surface area contributed by atoms with Gasteiger partial charge in [-0.05, 0) is 230 Å². The number of hydrogen-bond acceptors (Lipinski definition) is 0. The van der Waals surface area contributed by atoms with E-state index in [0.29, 0.717) is 0 Å². The minimum absolute atomic E-state index is 0.180. The van der Waals surface area contributed by atoms with Crippen molar-refractivity contribution in [1.29, 1.82) is 0 Å². The molecule has 139 heavy (non-hydrogen) atoms. The second kappa shape index (κ2) is 40.4. The normalized spacial score (nSPS) is 12.5. The smallest absolute Gasteiger partial charge is 0.0683 e. The van der Waals surface area contributed by atoms with E-state index in [4.69, 9.17) is 0 Å². The summed E-state index contributed by atoms with van der Waals surface area (Å²) in [4.78, 5) is 0. The monoisotopic (exact) mass is 1790 g/mol. The fraction of sp³-hybridized carbons (Fsp3) is 0.108. The molecule has 0 aliphatic heterocycles. The predicted molar refractivity (Wildman–Crippen MR) is 604 cm³/mol.